The molecular weight excluding hydrogens is 422 g/mol. The van der Waals surface area contributed by atoms with Crippen molar-refractivity contribution in [1.29, 1.82) is 0 Å². The van der Waals surface area contributed by atoms with Crippen molar-refractivity contribution in [3.8, 4) is 11.3 Å². The van der Waals surface area contributed by atoms with Gasteiger partial charge < -0.3 is 9.88 Å². The molecule has 4 nitrogen and oxygen atoms in total. The Morgan fingerprint density at radius 1 is 1.03 bits per heavy atom. The van der Waals surface area contributed by atoms with E-state index >= 15 is 0 Å². The van der Waals surface area contributed by atoms with E-state index in [1.807, 2.05) is 47.8 Å². The summed E-state index contributed by atoms with van der Waals surface area (Å²) in [5, 5.41) is 5.90. The van der Waals surface area contributed by atoms with Gasteiger partial charge in [-0.15, -0.1) is 11.3 Å². The summed E-state index contributed by atoms with van der Waals surface area (Å²) in [5.41, 5.74) is 4.20. The summed E-state index contributed by atoms with van der Waals surface area (Å²) in [4.78, 5) is 19.4. The Morgan fingerprint density at radius 2 is 1.81 bits per heavy atom. The Bertz CT molecular complexity index is 1200. The number of thiophene rings is 1. The molecule has 0 fully saturated rings. The Hall–Kier alpha value is -2.96. The summed E-state index contributed by atoms with van der Waals surface area (Å²) in [6, 6.07) is 22.2. The number of anilines is 1. The third-order valence-corrected chi connectivity index (χ3v) is 6.78. The Balaban J connectivity index is 1.88. The van der Waals surface area contributed by atoms with E-state index in [2.05, 4.69) is 48.0 Å². The summed E-state index contributed by atoms with van der Waals surface area (Å²) >= 11 is 2.97. The van der Waals surface area contributed by atoms with E-state index in [4.69, 9.17) is 4.99 Å². The van der Waals surface area contributed by atoms with Gasteiger partial charge in [-0.2, -0.15) is 0 Å². The fourth-order valence-electron chi connectivity index (χ4n) is 3.29. The molecule has 0 aliphatic rings. The molecule has 0 bridgehead atoms. The van der Waals surface area contributed by atoms with Crippen molar-refractivity contribution in [2.24, 2.45) is 4.99 Å². The Kier molecular flexibility index (Phi) is 6.79. The average molecular weight is 448 g/mol. The zero-order valence-electron chi connectivity index (χ0n) is 17.7. The van der Waals surface area contributed by atoms with E-state index in [1.54, 1.807) is 0 Å². The van der Waals surface area contributed by atoms with Crippen LogP contribution < -0.4 is 10.1 Å². The normalized spacial score (nSPS) is 11.6. The molecule has 2 heterocycles. The van der Waals surface area contributed by atoms with Crippen molar-refractivity contribution in [3.05, 3.63) is 87.4 Å². The predicted octanol–water partition coefficient (Wildman–Crippen LogP) is 6.87. The molecule has 4 rings (SSSR count). The number of carbonyl (C=O) groups excluding carboxylic acids is 1. The van der Waals surface area contributed by atoms with Crippen LogP contribution in [0.4, 0.5) is 10.7 Å². The van der Waals surface area contributed by atoms with Crippen molar-refractivity contribution in [1.82, 2.24) is 4.57 Å². The molecule has 4 aromatic rings. The van der Waals surface area contributed by atoms with Crippen LogP contribution >= 0.6 is 22.7 Å². The molecule has 0 aliphatic carbocycles. The van der Waals surface area contributed by atoms with E-state index in [0.29, 0.717) is 4.88 Å². The number of nitrogens with zero attached hydrogens (tertiary/aromatic N) is 2. The van der Waals surface area contributed by atoms with Crippen molar-refractivity contribution >= 4 is 39.3 Å². The molecule has 0 aliphatic heterocycles. The Morgan fingerprint density at radius 3 is 2.48 bits per heavy atom. The second-order valence-corrected chi connectivity index (χ2v) is 9.24. The van der Waals surface area contributed by atoms with Crippen LogP contribution in [0, 0.1) is 6.92 Å². The standard InChI is InChI=1S/C25H25N3OS2/c1-3-4-16-28-22(19-14-12-18(2)13-15-19)24(27-23(29)21-11-8-17-30-21)31-25(28)26-20-9-6-5-7-10-20/h5-15,17H,3-4,16H2,1-2H3,(H,27,29). The first-order valence-electron chi connectivity index (χ1n) is 10.4. The molecule has 0 radical (unpaired) electrons. The van der Waals surface area contributed by atoms with Gasteiger partial charge in [0, 0.05) is 12.1 Å². The molecular formula is C25H25N3OS2. The lowest BCUT2D eigenvalue weighted by atomic mass is 10.1. The number of hydrogen-bond donors (Lipinski definition) is 1. The van der Waals surface area contributed by atoms with Crippen LogP contribution in [0.25, 0.3) is 11.3 Å². The number of carbonyl (C=O) groups is 1. The summed E-state index contributed by atoms with van der Waals surface area (Å²) in [7, 11) is 0. The van der Waals surface area contributed by atoms with Crippen molar-refractivity contribution in [2.75, 3.05) is 5.32 Å². The molecule has 31 heavy (non-hydrogen) atoms. The summed E-state index contributed by atoms with van der Waals surface area (Å²) < 4.78 is 2.25. The molecule has 158 valence electrons. The third kappa shape index (κ3) is 5.03. The lowest BCUT2D eigenvalue weighted by molar-refractivity contribution is 0.103. The van der Waals surface area contributed by atoms with Crippen molar-refractivity contribution < 1.29 is 4.79 Å². The van der Waals surface area contributed by atoms with Crippen LogP contribution in [0.1, 0.15) is 35.0 Å². The van der Waals surface area contributed by atoms with Crippen LogP contribution in [0.15, 0.2) is 77.1 Å². The van der Waals surface area contributed by atoms with E-state index in [-0.39, 0.29) is 5.91 Å². The summed E-state index contributed by atoms with van der Waals surface area (Å²) in [6.45, 7) is 5.11. The summed E-state index contributed by atoms with van der Waals surface area (Å²) in [5.74, 6) is -0.0847. The van der Waals surface area contributed by atoms with Gasteiger partial charge >= 0.3 is 0 Å². The van der Waals surface area contributed by atoms with Crippen LogP contribution in [-0.2, 0) is 6.54 Å². The monoisotopic (exact) mass is 447 g/mol. The van der Waals surface area contributed by atoms with Crippen LogP contribution in [0.5, 0.6) is 0 Å². The lowest BCUT2D eigenvalue weighted by Crippen LogP contribution is -2.16. The minimum Gasteiger partial charge on any atom is -0.315 e. The first kappa shape index (κ1) is 21.3. The number of aryl methyl sites for hydroxylation is 1. The number of rotatable bonds is 7. The van der Waals surface area contributed by atoms with Crippen molar-refractivity contribution in [2.45, 2.75) is 33.2 Å². The molecule has 0 atom stereocenters. The predicted molar refractivity (Wildman–Crippen MR) is 131 cm³/mol. The largest absolute Gasteiger partial charge is 0.315 e. The number of aromatic nitrogens is 1. The maximum absolute atomic E-state index is 12.9. The topological polar surface area (TPSA) is 46.4 Å². The SMILES string of the molecule is CCCCn1c(-c2ccc(C)cc2)c(NC(=O)c2cccs2)sc1=Nc1ccccc1. The second kappa shape index (κ2) is 9.90. The molecule has 6 heteroatoms. The third-order valence-electron chi connectivity index (χ3n) is 4.92. The number of benzene rings is 2. The minimum atomic E-state index is -0.0847. The van der Waals surface area contributed by atoms with Gasteiger partial charge in [0.15, 0.2) is 4.80 Å². The molecule has 2 aromatic heterocycles. The fraction of sp³-hybridized carbons (Fsp3) is 0.200. The Labute approximate surface area is 190 Å². The van der Waals surface area contributed by atoms with E-state index < -0.39 is 0 Å². The maximum atomic E-state index is 12.9. The first-order chi connectivity index (χ1) is 15.2. The van der Waals surface area contributed by atoms with E-state index in [0.717, 1.165) is 46.1 Å². The van der Waals surface area contributed by atoms with Gasteiger partial charge in [0.2, 0.25) is 0 Å². The second-order valence-electron chi connectivity index (χ2n) is 7.31. The first-order valence-corrected chi connectivity index (χ1v) is 12.1. The van der Waals surface area contributed by atoms with Gasteiger partial charge in [-0.25, -0.2) is 4.99 Å². The van der Waals surface area contributed by atoms with Gasteiger partial charge in [0.25, 0.3) is 5.91 Å². The van der Waals surface area contributed by atoms with Gasteiger partial charge in [0.1, 0.15) is 5.00 Å². The highest BCUT2D eigenvalue weighted by Gasteiger charge is 2.19. The molecule has 0 unspecified atom stereocenters. The number of amides is 1. The quantitative estimate of drug-likeness (QED) is 0.330. The fourth-order valence-corrected chi connectivity index (χ4v) is 5.00. The molecule has 0 saturated heterocycles. The van der Waals surface area contributed by atoms with Gasteiger partial charge in [-0.1, -0.05) is 78.8 Å². The molecule has 1 N–H and O–H groups in total. The molecule has 0 saturated carbocycles. The average Bonchev–Trinajstić information content (AvgIpc) is 3.42. The number of nitrogens with one attached hydrogen (secondary N) is 1. The number of unbranched alkanes of at least 4 members (excludes halogenated alkanes) is 1. The highest BCUT2D eigenvalue weighted by atomic mass is 32.1. The lowest BCUT2D eigenvalue weighted by Gasteiger charge is -2.12. The van der Waals surface area contributed by atoms with Crippen LogP contribution in [-0.4, -0.2) is 10.5 Å². The van der Waals surface area contributed by atoms with E-state index in [9.17, 15) is 4.79 Å². The molecule has 2 aromatic carbocycles. The van der Waals surface area contributed by atoms with Gasteiger partial charge in [0.05, 0.1) is 16.3 Å². The number of thiazole rings is 1. The van der Waals surface area contributed by atoms with Gasteiger partial charge in [-0.3, -0.25) is 4.79 Å². The minimum absolute atomic E-state index is 0.0847. The van der Waals surface area contributed by atoms with Crippen LogP contribution in [0.3, 0.4) is 0 Å². The maximum Gasteiger partial charge on any atom is 0.266 e. The molecule has 1 amide bonds. The zero-order chi connectivity index (χ0) is 21.6. The number of hydrogen-bond acceptors (Lipinski definition) is 4. The highest BCUT2D eigenvalue weighted by molar-refractivity contribution is 7.14. The highest BCUT2D eigenvalue weighted by Crippen LogP contribution is 2.32. The smallest absolute Gasteiger partial charge is 0.266 e. The van der Waals surface area contributed by atoms with Gasteiger partial charge in [-0.05, 0) is 36.9 Å². The number of para-hydroxylation sites is 1. The zero-order valence-corrected chi connectivity index (χ0v) is 19.3. The summed E-state index contributed by atoms with van der Waals surface area (Å²) in [6.07, 6.45) is 2.12. The van der Waals surface area contributed by atoms with E-state index in [1.165, 1.54) is 28.2 Å². The van der Waals surface area contributed by atoms with Crippen LogP contribution in [0.2, 0.25) is 0 Å². The van der Waals surface area contributed by atoms with Crippen molar-refractivity contribution in [3.63, 3.8) is 0 Å². The molecule has 0 spiro atoms.